The monoisotopic (exact) mass is 312 g/mol. The number of likely N-dealkylation sites (tertiary alicyclic amines) is 1. The number of nitrogens with zero attached hydrogens (tertiary/aromatic N) is 4. The summed E-state index contributed by atoms with van der Waals surface area (Å²) in [5.74, 6) is 0.631. The SMILES string of the molecule is CC[C@H]1CN(C(=O)C(C)(C)n2cc(Cl)cn2)C[C@@H]1N(C)C. The standard InChI is InChI=1S/C15H25ClN4O/c1-6-11-8-19(10-13(11)18(4)5)14(21)15(2,3)20-9-12(16)7-17-20/h7,9,11,13H,6,8,10H2,1-5H3/t11-,13-/m0/s1. The van der Waals surface area contributed by atoms with Gasteiger partial charge in [-0.2, -0.15) is 5.10 Å². The van der Waals surface area contributed by atoms with Gasteiger partial charge < -0.3 is 9.80 Å². The molecule has 118 valence electrons. The molecule has 2 heterocycles. The van der Waals surface area contributed by atoms with Crippen LogP contribution in [0.3, 0.4) is 0 Å². The molecule has 6 heteroatoms. The van der Waals surface area contributed by atoms with Crippen molar-refractivity contribution in [1.82, 2.24) is 19.6 Å². The number of carbonyl (C=O) groups excluding carboxylic acids is 1. The van der Waals surface area contributed by atoms with Gasteiger partial charge in [0.25, 0.3) is 0 Å². The third-order valence-electron chi connectivity index (χ3n) is 4.53. The first-order valence-corrected chi connectivity index (χ1v) is 7.81. The first-order valence-electron chi connectivity index (χ1n) is 7.43. The molecule has 0 N–H and O–H groups in total. The summed E-state index contributed by atoms with van der Waals surface area (Å²) in [6.45, 7) is 7.57. The maximum absolute atomic E-state index is 12.9. The van der Waals surface area contributed by atoms with Gasteiger partial charge in [-0.15, -0.1) is 0 Å². The van der Waals surface area contributed by atoms with E-state index in [0.29, 0.717) is 17.0 Å². The van der Waals surface area contributed by atoms with Crippen LogP contribution in [0.5, 0.6) is 0 Å². The van der Waals surface area contributed by atoms with Gasteiger partial charge in [-0.05, 0) is 33.9 Å². The summed E-state index contributed by atoms with van der Waals surface area (Å²) < 4.78 is 1.65. The second-order valence-electron chi connectivity index (χ2n) is 6.57. The Bertz CT molecular complexity index is 512. The van der Waals surface area contributed by atoms with Crippen molar-refractivity contribution >= 4 is 17.5 Å². The highest BCUT2D eigenvalue weighted by Crippen LogP contribution is 2.28. The lowest BCUT2D eigenvalue weighted by molar-refractivity contribution is -0.138. The fourth-order valence-corrected chi connectivity index (χ4v) is 3.23. The molecule has 21 heavy (non-hydrogen) atoms. The summed E-state index contributed by atoms with van der Waals surface area (Å²) >= 11 is 5.93. The summed E-state index contributed by atoms with van der Waals surface area (Å²) in [6, 6.07) is 0.427. The average Bonchev–Trinajstić information content (AvgIpc) is 3.03. The highest BCUT2D eigenvalue weighted by atomic mass is 35.5. The van der Waals surface area contributed by atoms with Crippen molar-refractivity contribution in [3.8, 4) is 0 Å². The Labute approximate surface area is 131 Å². The summed E-state index contributed by atoms with van der Waals surface area (Å²) in [7, 11) is 4.17. The molecule has 0 spiro atoms. The number of hydrogen-bond acceptors (Lipinski definition) is 3. The molecule has 2 atom stereocenters. The summed E-state index contributed by atoms with van der Waals surface area (Å²) in [6.07, 6.45) is 4.36. The zero-order valence-electron chi connectivity index (χ0n) is 13.5. The van der Waals surface area contributed by atoms with E-state index in [2.05, 4.69) is 31.0 Å². The highest BCUT2D eigenvalue weighted by Gasteiger charge is 2.41. The number of amides is 1. The van der Waals surface area contributed by atoms with Crippen molar-refractivity contribution in [1.29, 1.82) is 0 Å². The van der Waals surface area contributed by atoms with Gasteiger partial charge in [-0.25, -0.2) is 0 Å². The van der Waals surface area contributed by atoms with Gasteiger partial charge in [0.15, 0.2) is 0 Å². The number of hydrogen-bond donors (Lipinski definition) is 0. The number of halogens is 1. The predicted octanol–water partition coefficient (Wildman–Crippen LogP) is 2.07. The molecular formula is C15H25ClN4O. The zero-order chi connectivity index (χ0) is 15.8. The maximum Gasteiger partial charge on any atom is 0.250 e. The van der Waals surface area contributed by atoms with E-state index in [9.17, 15) is 4.79 Å². The van der Waals surface area contributed by atoms with E-state index in [1.807, 2.05) is 18.7 Å². The quantitative estimate of drug-likeness (QED) is 0.854. The van der Waals surface area contributed by atoms with Crippen LogP contribution in [0.4, 0.5) is 0 Å². The molecule has 0 unspecified atom stereocenters. The molecule has 0 bridgehead atoms. The molecule has 5 nitrogen and oxygen atoms in total. The van der Waals surface area contributed by atoms with Gasteiger partial charge in [0.1, 0.15) is 5.54 Å². The minimum atomic E-state index is -0.716. The fraction of sp³-hybridized carbons (Fsp3) is 0.733. The van der Waals surface area contributed by atoms with Crippen LogP contribution in [0.25, 0.3) is 0 Å². The van der Waals surface area contributed by atoms with Gasteiger partial charge >= 0.3 is 0 Å². The topological polar surface area (TPSA) is 41.4 Å². The van der Waals surface area contributed by atoms with Crippen LogP contribution in [0.15, 0.2) is 12.4 Å². The molecule has 1 aliphatic heterocycles. The van der Waals surface area contributed by atoms with E-state index in [4.69, 9.17) is 11.6 Å². The number of likely N-dealkylation sites (N-methyl/N-ethyl adjacent to an activating group) is 1. The van der Waals surface area contributed by atoms with Gasteiger partial charge in [0.05, 0.1) is 11.2 Å². The molecule has 1 aromatic rings. The van der Waals surface area contributed by atoms with Crippen LogP contribution < -0.4 is 0 Å². The number of rotatable bonds is 4. The minimum Gasteiger partial charge on any atom is -0.339 e. The molecule has 2 rings (SSSR count). The fourth-order valence-electron chi connectivity index (χ4n) is 3.10. The van der Waals surface area contributed by atoms with E-state index in [0.717, 1.165) is 19.5 Å². The van der Waals surface area contributed by atoms with E-state index in [1.165, 1.54) is 0 Å². The van der Waals surface area contributed by atoms with Crippen molar-refractivity contribution in [2.24, 2.45) is 5.92 Å². The Morgan fingerprint density at radius 3 is 2.57 bits per heavy atom. The van der Waals surface area contributed by atoms with Crippen molar-refractivity contribution < 1.29 is 4.79 Å². The third-order valence-corrected chi connectivity index (χ3v) is 4.72. The average molecular weight is 313 g/mol. The normalized spacial score (nSPS) is 23.1. The Morgan fingerprint density at radius 1 is 1.48 bits per heavy atom. The van der Waals surface area contributed by atoms with Crippen LogP contribution in [0.1, 0.15) is 27.2 Å². The molecule has 1 saturated heterocycles. The van der Waals surface area contributed by atoms with Crippen LogP contribution in [-0.2, 0) is 10.3 Å². The first-order chi connectivity index (χ1) is 9.77. The molecule has 1 aromatic heterocycles. The van der Waals surface area contributed by atoms with Crippen LogP contribution >= 0.6 is 11.6 Å². The third kappa shape index (κ3) is 3.09. The molecule has 1 amide bonds. The smallest absolute Gasteiger partial charge is 0.250 e. The highest BCUT2D eigenvalue weighted by molar-refractivity contribution is 6.30. The molecular weight excluding hydrogens is 288 g/mol. The molecule has 1 fully saturated rings. The molecule has 0 aliphatic carbocycles. The van der Waals surface area contributed by atoms with Crippen molar-refractivity contribution in [3.05, 3.63) is 17.4 Å². The second-order valence-corrected chi connectivity index (χ2v) is 7.01. The molecule has 0 aromatic carbocycles. The predicted molar refractivity (Wildman–Crippen MR) is 84.4 cm³/mol. The zero-order valence-corrected chi connectivity index (χ0v) is 14.3. The van der Waals surface area contributed by atoms with Crippen LogP contribution in [0, 0.1) is 5.92 Å². The lowest BCUT2D eigenvalue weighted by Gasteiger charge is -2.30. The van der Waals surface area contributed by atoms with Gasteiger partial charge in [0, 0.05) is 25.3 Å². The van der Waals surface area contributed by atoms with Gasteiger partial charge in [0.2, 0.25) is 5.91 Å². The molecule has 0 saturated carbocycles. The number of aromatic nitrogens is 2. The van der Waals surface area contributed by atoms with E-state index in [-0.39, 0.29) is 5.91 Å². The van der Waals surface area contributed by atoms with E-state index < -0.39 is 5.54 Å². The minimum absolute atomic E-state index is 0.102. The lowest BCUT2D eigenvalue weighted by Crippen LogP contribution is -2.47. The summed E-state index contributed by atoms with van der Waals surface area (Å²) in [5, 5.41) is 4.75. The van der Waals surface area contributed by atoms with E-state index >= 15 is 0 Å². The Hall–Kier alpha value is -1.07. The maximum atomic E-state index is 12.9. The number of carbonyl (C=O) groups is 1. The lowest BCUT2D eigenvalue weighted by atomic mass is 10.0. The Morgan fingerprint density at radius 2 is 2.14 bits per heavy atom. The van der Waals surface area contributed by atoms with Gasteiger partial charge in [-0.1, -0.05) is 24.9 Å². The van der Waals surface area contributed by atoms with E-state index in [1.54, 1.807) is 17.1 Å². The van der Waals surface area contributed by atoms with Crippen molar-refractivity contribution in [3.63, 3.8) is 0 Å². The Kier molecular flexibility index (Phi) is 4.63. The first kappa shape index (κ1) is 16.3. The van der Waals surface area contributed by atoms with Gasteiger partial charge in [-0.3, -0.25) is 9.48 Å². The van der Waals surface area contributed by atoms with Crippen molar-refractivity contribution in [2.75, 3.05) is 27.2 Å². The second kappa shape index (κ2) is 5.97. The summed E-state index contributed by atoms with van der Waals surface area (Å²) in [4.78, 5) is 17.1. The largest absolute Gasteiger partial charge is 0.339 e. The van der Waals surface area contributed by atoms with Crippen molar-refractivity contribution in [2.45, 2.75) is 38.8 Å². The van der Waals surface area contributed by atoms with Crippen LogP contribution in [0.2, 0.25) is 5.02 Å². The van der Waals surface area contributed by atoms with Crippen LogP contribution in [-0.4, -0.2) is 58.7 Å². The Balaban J connectivity index is 2.17. The molecule has 1 aliphatic rings. The summed E-state index contributed by atoms with van der Waals surface area (Å²) in [5.41, 5.74) is -0.716. The molecule has 0 radical (unpaired) electrons.